The van der Waals surface area contributed by atoms with E-state index in [9.17, 15) is 48.3 Å². The number of aromatic nitrogens is 1. The summed E-state index contributed by atoms with van der Waals surface area (Å²) in [6.45, 7) is 15.4. The van der Waals surface area contributed by atoms with Gasteiger partial charge in [-0.15, -0.1) is 0 Å². The number of nitrogens with zero attached hydrogens (tertiary/aromatic N) is 2. The SMILES string of the molecule is CC[C@H](C)[C@H](N)C(=O)N[C@H](C(=O)N[C@H](C(=O)N[C@@H](Cc1c[nH]c2ccccc12)C(=O)NCC(=O)N[C@@H](CC(C)C)C(=O)N[C@@H](CCCN=C(N)N)C(=O)N[C@@H](CCCN=C(N)N)C(=O)N[C@@H](C)C(=O)O)[C@@H](C)CC)[C@@H](C)CC. The number of para-hydroxylation sites is 1. The third kappa shape index (κ3) is 22.6. The average Bonchev–Trinajstić information content (AvgIpc) is 3.81. The van der Waals surface area contributed by atoms with E-state index in [-0.39, 0.29) is 81.3 Å². The third-order valence-corrected chi connectivity index (χ3v) is 13.5. The second kappa shape index (κ2) is 33.6. The van der Waals surface area contributed by atoms with Gasteiger partial charge in [0.2, 0.25) is 47.3 Å². The number of hydrogen-bond donors (Lipinski definition) is 15. The number of H-pyrrole nitrogens is 1. The molecule has 0 radical (unpaired) electrons. The number of aromatic amines is 1. The maximum absolute atomic E-state index is 14.4. The van der Waals surface area contributed by atoms with Gasteiger partial charge in [0.1, 0.15) is 42.3 Å². The van der Waals surface area contributed by atoms with Crippen molar-refractivity contribution in [3.8, 4) is 0 Å². The zero-order valence-electron chi connectivity index (χ0n) is 46.7. The van der Waals surface area contributed by atoms with E-state index in [1.165, 1.54) is 6.92 Å². The van der Waals surface area contributed by atoms with Gasteiger partial charge in [0.05, 0.1) is 12.6 Å². The van der Waals surface area contributed by atoms with Crippen molar-refractivity contribution in [2.45, 2.75) is 168 Å². The van der Waals surface area contributed by atoms with E-state index >= 15 is 0 Å². The summed E-state index contributed by atoms with van der Waals surface area (Å²) in [5, 5.41) is 31.5. The van der Waals surface area contributed by atoms with E-state index in [2.05, 4.69) is 57.5 Å². The molecule has 0 spiro atoms. The van der Waals surface area contributed by atoms with Crippen LogP contribution in [0.25, 0.3) is 10.9 Å². The summed E-state index contributed by atoms with van der Waals surface area (Å²) in [7, 11) is 0. The topological polar surface area (TPSA) is 441 Å². The molecule has 0 saturated carbocycles. The smallest absolute Gasteiger partial charge is 0.325 e. The van der Waals surface area contributed by atoms with Crippen LogP contribution in [0.15, 0.2) is 40.4 Å². The molecule has 0 saturated heterocycles. The highest BCUT2D eigenvalue weighted by Gasteiger charge is 2.36. The second-order valence-corrected chi connectivity index (χ2v) is 20.3. The molecule has 1 heterocycles. The summed E-state index contributed by atoms with van der Waals surface area (Å²) in [6.07, 6.45) is 3.63. The van der Waals surface area contributed by atoms with Crippen molar-refractivity contribution in [1.82, 2.24) is 47.5 Å². The molecular formula is C52H88N16O10. The maximum atomic E-state index is 14.4. The van der Waals surface area contributed by atoms with Crippen LogP contribution < -0.4 is 71.2 Å². The van der Waals surface area contributed by atoms with Crippen molar-refractivity contribution in [3.63, 3.8) is 0 Å². The first-order valence-electron chi connectivity index (χ1n) is 26.8. The van der Waals surface area contributed by atoms with Gasteiger partial charge < -0.3 is 81.3 Å². The number of carbonyl (C=O) groups is 9. The Balaban J connectivity index is 2.43. The third-order valence-electron chi connectivity index (χ3n) is 13.5. The van der Waals surface area contributed by atoms with Gasteiger partial charge in [-0.1, -0.05) is 92.9 Å². The lowest BCUT2D eigenvalue weighted by Crippen LogP contribution is -2.61. The quantitative estimate of drug-likeness (QED) is 0.0222. The molecular weight excluding hydrogens is 1010 g/mol. The summed E-state index contributed by atoms with van der Waals surface area (Å²) in [4.78, 5) is 134. The molecule has 26 nitrogen and oxygen atoms in total. The van der Waals surface area contributed by atoms with Crippen LogP contribution in [0.5, 0.6) is 0 Å². The molecule has 11 atom stereocenters. The predicted octanol–water partition coefficient (Wildman–Crippen LogP) is -1.06. The van der Waals surface area contributed by atoms with Crippen molar-refractivity contribution in [1.29, 1.82) is 0 Å². The fourth-order valence-corrected chi connectivity index (χ4v) is 8.10. The molecule has 0 fully saturated rings. The van der Waals surface area contributed by atoms with E-state index in [1.807, 2.05) is 52.0 Å². The Kier molecular flexibility index (Phi) is 28.7. The van der Waals surface area contributed by atoms with Gasteiger partial charge in [0.25, 0.3) is 0 Å². The second-order valence-electron chi connectivity index (χ2n) is 20.3. The minimum Gasteiger partial charge on any atom is -0.480 e. The van der Waals surface area contributed by atoms with Gasteiger partial charge >= 0.3 is 5.97 Å². The van der Waals surface area contributed by atoms with Crippen molar-refractivity contribution in [2.75, 3.05) is 19.6 Å². The minimum atomic E-state index is -1.33. The van der Waals surface area contributed by atoms with E-state index < -0.39 is 114 Å². The number of carboxylic acids is 1. The standard InChI is InChI=1S/C52H88N16O10/c1-10-28(6)40(53)47(74)67-42(30(8)12-3)49(76)68-41(29(7)11-2)48(75)66-38(24-32-25-60-34-18-14-13-17-33(32)34)43(70)61-26-39(69)63-37(23-27(4)5)46(73)65-36(20-16-22-59-52(56)57)45(72)64-35(19-15-21-58-51(54)55)44(71)62-31(9)50(77)78/h13-14,17-18,25,27-31,35-38,40-42,60H,10-12,15-16,19-24,26,53H2,1-9H3,(H,61,70)(H,62,71)(H,63,69)(H,64,72)(H,65,73)(H,66,75)(H,67,74)(H,68,76)(H,77,78)(H4,54,55,58)(H4,56,57,59)/t28-,29-,30-,31-,35-,36-,37-,38-,40-,41-,42-/m0/s1. The Morgan fingerprint density at radius 1 is 0.577 bits per heavy atom. The van der Waals surface area contributed by atoms with Gasteiger partial charge in [-0.3, -0.25) is 53.1 Å². The number of benzene rings is 1. The first-order chi connectivity index (χ1) is 36.7. The highest BCUT2D eigenvalue weighted by molar-refractivity contribution is 5.98. The Hall–Kier alpha value is -7.51. The van der Waals surface area contributed by atoms with Crippen LogP contribution in [-0.4, -0.2) is 143 Å². The van der Waals surface area contributed by atoms with E-state index in [0.717, 1.165) is 10.9 Å². The Morgan fingerprint density at radius 2 is 1.05 bits per heavy atom. The molecule has 436 valence electrons. The summed E-state index contributed by atoms with van der Waals surface area (Å²) in [5.74, 6) is -8.62. The summed E-state index contributed by atoms with van der Waals surface area (Å²) in [5.41, 5.74) is 29.5. The number of amides is 8. The molecule has 1 aromatic heterocycles. The van der Waals surface area contributed by atoms with Crippen molar-refractivity contribution in [2.24, 2.45) is 62.3 Å². The first kappa shape index (κ1) is 66.6. The number of carbonyl (C=O) groups excluding carboxylic acids is 8. The van der Waals surface area contributed by atoms with Crippen LogP contribution in [0.1, 0.15) is 119 Å². The number of fused-ring (bicyclic) bond motifs is 1. The van der Waals surface area contributed by atoms with Crippen LogP contribution >= 0.6 is 0 Å². The van der Waals surface area contributed by atoms with Crippen LogP contribution in [0.2, 0.25) is 0 Å². The van der Waals surface area contributed by atoms with E-state index in [0.29, 0.717) is 24.8 Å². The summed E-state index contributed by atoms with van der Waals surface area (Å²) in [6, 6.07) is -2.19. The van der Waals surface area contributed by atoms with Gasteiger partial charge in [0.15, 0.2) is 11.9 Å². The van der Waals surface area contributed by atoms with Crippen LogP contribution in [0.4, 0.5) is 0 Å². The van der Waals surface area contributed by atoms with Crippen LogP contribution in [0, 0.1) is 23.7 Å². The number of carboxylic acid groups (broad SMARTS) is 1. The van der Waals surface area contributed by atoms with Gasteiger partial charge in [-0.2, -0.15) is 0 Å². The Bertz CT molecular complexity index is 2390. The number of hydrogen-bond acceptors (Lipinski definition) is 12. The molecule has 1 aromatic carbocycles. The van der Waals surface area contributed by atoms with Crippen molar-refractivity contribution in [3.05, 3.63) is 36.0 Å². The number of aliphatic imine (C=N–C) groups is 2. The highest BCUT2D eigenvalue weighted by atomic mass is 16.4. The Labute approximate surface area is 457 Å². The molecule has 2 rings (SSSR count). The minimum absolute atomic E-state index is 0.0250. The largest absolute Gasteiger partial charge is 0.480 e. The zero-order chi connectivity index (χ0) is 58.8. The molecule has 0 aliphatic rings. The van der Waals surface area contributed by atoms with Crippen LogP contribution in [-0.2, 0) is 49.6 Å². The fourth-order valence-electron chi connectivity index (χ4n) is 8.10. The normalized spacial score (nSPS) is 15.4. The van der Waals surface area contributed by atoms with Crippen molar-refractivity contribution >= 4 is 76.0 Å². The maximum Gasteiger partial charge on any atom is 0.325 e. The lowest BCUT2D eigenvalue weighted by atomic mass is 9.93. The lowest BCUT2D eigenvalue weighted by molar-refractivity contribution is -0.142. The monoisotopic (exact) mass is 1100 g/mol. The number of guanidine groups is 2. The number of nitrogens with one attached hydrogen (secondary N) is 9. The molecule has 26 heteroatoms. The molecule has 0 bridgehead atoms. The summed E-state index contributed by atoms with van der Waals surface area (Å²) < 4.78 is 0. The Morgan fingerprint density at radius 3 is 1.55 bits per heavy atom. The molecule has 78 heavy (non-hydrogen) atoms. The average molecular weight is 1100 g/mol. The van der Waals surface area contributed by atoms with E-state index in [4.69, 9.17) is 28.7 Å². The summed E-state index contributed by atoms with van der Waals surface area (Å²) >= 11 is 0. The first-order valence-corrected chi connectivity index (χ1v) is 26.8. The van der Waals surface area contributed by atoms with Crippen molar-refractivity contribution < 1.29 is 48.3 Å². The lowest BCUT2D eigenvalue weighted by Gasteiger charge is -2.31. The predicted molar refractivity (Wildman–Crippen MR) is 297 cm³/mol. The molecule has 20 N–H and O–H groups in total. The molecule has 8 amide bonds. The molecule has 0 aliphatic heterocycles. The highest BCUT2D eigenvalue weighted by Crippen LogP contribution is 2.20. The van der Waals surface area contributed by atoms with Crippen LogP contribution in [0.3, 0.4) is 0 Å². The number of nitrogens with two attached hydrogens (primary N) is 5. The zero-order valence-corrected chi connectivity index (χ0v) is 46.7. The molecule has 0 aliphatic carbocycles. The number of aliphatic carboxylic acids is 1. The fraction of sp³-hybridized carbons (Fsp3) is 0.635. The number of rotatable bonds is 35. The van der Waals surface area contributed by atoms with E-state index in [1.54, 1.807) is 33.9 Å². The molecule has 2 aromatic rings. The van der Waals surface area contributed by atoms with Gasteiger partial charge in [0, 0.05) is 36.6 Å². The van der Waals surface area contributed by atoms with Gasteiger partial charge in [-0.05, 0) is 74.3 Å². The molecule has 0 unspecified atom stereocenters. The van der Waals surface area contributed by atoms with Gasteiger partial charge in [-0.25, -0.2) is 0 Å².